The van der Waals surface area contributed by atoms with Crippen LogP contribution < -0.4 is 0 Å². The summed E-state index contributed by atoms with van der Waals surface area (Å²) in [5.41, 5.74) is 3.47. The molecule has 1 fully saturated rings. The van der Waals surface area contributed by atoms with Gasteiger partial charge in [0.05, 0.1) is 12.7 Å². The number of amides is 1. The van der Waals surface area contributed by atoms with Gasteiger partial charge >= 0.3 is 0 Å². The third kappa shape index (κ3) is 3.75. The standard InChI is InChI=1S/C20H22N4O2/c25-20(16-9-10-18-19(13-16)22-23-21-18)24-11-12-26-17(14-24)8-4-7-15-5-2-1-3-6-15/h1-3,5-6,9-10,13,17H,4,7-8,11-12,14H2,(H,21,22,23). The van der Waals surface area contributed by atoms with Crippen LogP contribution in [0.3, 0.4) is 0 Å². The fourth-order valence-electron chi connectivity index (χ4n) is 3.41. The number of aromatic nitrogens is 3. The Morgan fingerprint density at radius 2 is 2.00 bits per heavy atom. The molecule has 3 aromatic rings. The van der Waals surface area contributed by atoms with Gasteiger partial charge in [-0.05, 0) is 43.0 Å². The Balaban J connectivity index is 1.34. The van der Waals surface area contributed by atoms with Crippen LogP contribution in [-0.2, 0) is 11.2 Å². The number of hydrogen-bond donors (Lipinski definition) is 1. The van der Waals surface area contributed by atoms with E-state index in [2.05, 4.69) is 39.7 Å². The van der Waals surface area contributed by atoms with Gasteiger partial charge in [-0.3, -0.25) is 4.79 Å². The zero-order valence-corrected chi connectivity index (χ0v) is 14.6. The molecule has 0 spiro atoms. The first-order valence-corrected chi connectivity index (χ1v) is 9.05. The highest BCUT2D eigenvalue weighted by Crippen LogP contribution is 2.17. The van der Waals surface area contributed by atoms with Crippen LogP contribution in [0.25, 0.3) is 11.0 Å². The van der Waals surface area contributed by atoms with E-state index >= 15 is 0 Å². The first kappa shape index (κ1) is 16.7. The number of carbonyl (C=O) groups is 1. The molecule has 2 aromatic carbocycles. The average molecular weight is 350 g/mol. The van der Waals surface area contributed by atoms with E-state index in [0.29, 0.717) is 30.8 Å². The smallest absolute Gasteiger partial charge is 0.254 e. The number of benzene rings is 2. The second kappa shape index (κ2) is 7.66. The van der Waals surface area contributed by atoms with E-state index in [1.165, 1.54) is 5.56 Å². The predicted molar refractivity (Wildman–Crippen MR) is 98.9 cm³/mol. The van der Waals surface area contributed by atoms with E-state index in [1.807, 2.05) is 23.1 Å². The monoisotopic (exact) mass is 350 g/mol. The van der Waals surface area contributed by atoms with Crippen molar-refractivity contribution in [2.24, 2.45) is 0 Å². The van der Waals surface area contributed by atoms with Gasteiger partial charge in [-0.25, -0.2) is 0 Å². The lowest BCUT2D eigenvalue weighted by atomic mass is 10.0. The lowest BCUT2D eigenvalue weighted by molar-refractivity contribution is -0.0254. The maximum atomic E-state index is 12.8. The quantitative estimate of drug-likeness (QED) is 0.768. The minimum Gasteiger partial charge on any atom is -0.375 e. The van der Waals surface area contributed by atoms with E-state index in [4.69, 9.17) is 4.74 Å². The van der Waals surface area contributed by atoms with E-state index in [0.717, 1.165) is 24.8 Å². The highest BCUT2D eigenvalue weighted by atomic mass is 16.5. The Hall–Kier alpha value is -2.73. The molecule has 1 aromatic heterocycles. The minimum absolute atomic E-state index is 0.0336. The summed E-state index contributed by atoms with van der Waals surface area (Å²) in [4.78, 5) is 14.7. The lowest BCUT2D eigenvalue weighted by Gasteiger charge is -2.33. The third-order valence-electron chi connectivity index (χ3n) is 4.82. The second-order valence-electron chi connectivity index (χ2n) is 6.65. The van der Waals surface area contributed by atoms with Crippen molar-refractivity contribution in [3.63, 3.8) is 0 Å². The maximum absolute atomic E-state index is 12.8. The van der Waals surface area contributed by atoms with Gasteiger partial charge < -0.3 is 9.64 Å². The number of carbonyl (C=O) groups excluding carboxylic acids is 1. The summed E-state index contributed by atoms with van der Waals surface area (Å²) in [6, 6.07) is 15.9. The number of nitrogens with zero attached hydrogens (tertiary/aromatic N) is 3. The van der Waals surface area contributed by atoms with Crippen LogP contribution in [0.5, 0.6) is 0 Å². The fraction of sp³-hybridized carbons (Fsp3) is 0.350. The zero-order valence-electron chi connectivity index (χ0n) is 14.6. The SMILES string of the molecule is O=C(c1ccc2n[nH]nc2c1)N1CCOC(CCCc2ccccc2)C1. The summed E-state index contributed by atoms with van der Waals surface area (Å²) in [6.07, 6.45) is 3.16. The molecule has 4 rings (SSSR count). The number of hydrogen-bond acceptors (Lipinski definition) is 4. The summed E-state index contributed by atoms with van der Waals surface area (Å²) < 4.78 is 5.87. The van der Waals surface area contributed by atoms with E-state index in [-0.39, 0.29) is 12.0 Å². The maximum Gasteiger partial charge on any atom is 0.254 e. The van der Waals surface area contributed by atoms with Gasteiger partial charge in [0, 0.05) is 18.7 Å². The van der Waals surface area contributed by atoms with E-state index in [9.17, 15) is 4.79 Å². The zero-order chi connectivity index (χ0) is 17.8. The molecule has 6 heteroatoms. The molecule has 26 heavy (non-hydrogen) atoms. The highest BCUT2D eigenvalue weighted by molar-refractivity contribution is 5.97. The molecule has 1 atom stereocenters. The number of fused-ring (bicyclic) bond motifs is 1. The number of H-pyrrole nitrogens is 1. The van der Waals surface area contributed by atoms with Crippen molar-refractivity contribution >= 4 is 16.9 Å². The van der Waals surface area contributed by atoms with Crippen molar-refractivity contribution in [2.75, 3.05) is 19.7 Å². The van der Waals surface area contributed by atoms with Crippen LogP contribution in [0.2, 0.25) is 0 Å². The first-order valence-electron chi connectivity index (χ1n) is 9.05. The molecule has 1 unspecified atom stereocenters. The van der Waals surface area contributed by atoms with Gasteiger partial charge in [0.2, 0.25) is 0 Å². The van der Waals surface area contributed by atoms with Crippen LogP contribution in [0.4, 0.5) is 0 Å². The summed E-state index contributed by atoms with van der Waals surface area (Å²) in [5.74, 6) is 0.0336. The largest absolute Gasteiger partial charge is 0.375 e. The van der Waals surface area contributed by atoms with Crippen LogP contribution in [0, 0.1) is 0 Å². The molecule has 0 radical (unpaired) electrons. The summed E-state index contributed by atoms with van der Waals surface area (Å²) in [5, 5.41) is 10.7. The lowest BCUT2D eigenvalue weighted by Crippen LogP contribution is -2.45. The molecule has 1 amide bonds. The molecule has 2 heterocycles. The van der Waals surface area contributed by atoms with Gasteiger partial charge in [0.15, 0.2) is 0 Å². The number of morpholine rings is 1. The summed E-state index contributed by atoms with van der Waals surface area (Å²) in [7, 11) is 0. The predicted octanol–water partition coefficient (Wildman–Crippen LogP) is 2.82. The molecule has 0 aliphatic carbocycles. The Morgan fingerprint density at radius 3 is 2.88 bits per heavy atom. The van der Waals surface area contributed by atoms with Crippen molar-refractivity contribution in [3.05, 3.63) is 59.7 Å². The van der Waals surface area contributed by atoms with Crippen molar-refractivity contribution in [1.29, 1.82) is 0 Å². The van der Waals surface area contributed by atoms with Crippen molar-refractivity contribution < 1.29 is 9.53 Å². The van der Waals surface area contributed by atoms with Crippen LogP contribution >= 0.6 is 0 Å². The number of aryl methyl sites for hydroxylation is 1. The third-order valence-corrected chi connectivity index (χ3v) is 4.82. The number of ether oxygens (including phenoxy) is 1. The van der Waals surface area contributed by atoms with Crippen LogP contribution in [-0.4, -0.2) is 52.0 Å². The topological polar surface area (TPSA) is 71.1 Å². The second-order valence-corrected chi connectivity index (χ2v) is 6.65. The van der Waals surface area contributed by atoms with Crippen molar-refractivity contribution in [3.8, 4) is 0 Å². The molecular formula is C20H22N4O2. The Bertz CT molecular complexity index is 878. The van der Waals surface area contributed by atoms with Gasteiger partial charge in [-0.2, -0.15) is 15.4 Å². The molecule has 0 saturated carbocycles. The summed E-state index contributed by atoms with van der Waals surface area (Å²) >= 11 is 0. The normalized spacial score (nSPS) is 17.5. The highest BCUT2D eigenvalue weighted by Gasteiger charge is 2.25. The molecule has 1 N–H and O–H groups in total. The Kier molecular flexibility index (Phi) is 4.93. The number of aromatic amines is 1. The van der Waals surface area contributed by atoms with Crippen LogP contribution in [0.15, 0.2) is 48.5 Å². The van der Waals surface area contributed by atoms with Crippen molar-refractivity contribution in [2.45, 2.75) is 25.4 Å². The Labute approximate surface area is 152 Å². The molecule has 1 saturated heterocycles. The molecule has 1 aliphatic rings. The molecule has 1 aliphatic heterocycles. The molecule has 0 bridgehead atoms. The average Bonchev–Trinajstić information content (AvgIpc) is 3.16. The van der Waals surface area contributed by atoms with Gasteiger partial charge in [-0.15, -0.1) is 0 Å². The number of nitrogens with one attached hydrogen (secondary N) is 1. The Morgan fingerprint density at radius 1 is 1.15 bits per heavy atom. The van der Waals surface area contributed by atoms with Crippen molar-refractivity contribution in [1.82, 2.24) is 20.3 Å². The molecule has 6 nitrogen and oxygen atoms in total. The molecular weight excluding hydrogens is 328 g/mol. The summed E-state index contributed by atoms with van der Waals surface area (Å²) in [6.45, 7) is 1.86. The first-order chi connectivity index (χ1) is 12.8. The minimum atomic E-state index is 0.0336. The van der Waals surface area contributed by atoms with Gasteiger partial charge in [-0.1, -0.05) is 30.3 Å². The van der Waals surface area contributed by atoms with Gasteiger partial charge in [0.1, 0.15) is 11.0 Å². The van der Waals surface area contributed by atoms with E-state index in [1.54, 1.807) is 6.07 Å². The van der Waals surface area contributed by atoms with Crippen LogP contribution in [0.1, 0.15) is 28.8 Å². The fourth-order valence-corrected chi connectivity index (χ4v) is 3.41. The molecule has 134 valence electrons. The van der Waals surface area contributed by atoms with Gasteiger partial charge in [0.25, 0.3) is 5.91 Å². The number of rotatable bonds is 5. The van der Waals surface area contributed by atoms with E-state index < -0.39 is 0 Å².